The summed E-state index contributed by atoms with van der Waals surface area (Å²) < 4.78 is 94.2. The lowest BCUT2D eigenvalue weighted by Crippen LogP contribution is -2.41. The molecule has 21 heteroatoms. The molecule has 12 nitrogen and oxygen atoms in total. The number of hydrogen-bond acceptors (Lipinski definition) is 9. The number of aliphatic carboxylic acids is 1. The maximum Gasteiger partial charge on any atom is 0.471 e. The fourth-order valence-corrected chi connectivity index (χ4v) is 12.1. The van der Waals surface area contributed by atoms with Crippen molar-refractivity contribution < 1.29 is 44.7 Å². The number of thiophene rings is 1. The summed E-state index contributed by atoms with van der Waals surface area (Å²) >= 11 is 13.8. The molecule has 2 saturated heterocycles. The number of amides is 1. The first-order valence-corrected chi connectivity index (χ1v) is 22.0. The number of alkyl halides is 3. The van der Waals surface area contributed by atoms with Crippen LogP contribution in [0.5, 0.6) is 0 Å². The predicted molar refractivity (Wildman–Crippen MR) is 194 cm³/mol. The van der Waals surface area contributed by atoms with Gasteiger partial charge >= 0.3 is 18.1 Å². The number of rotatable bonds is 16. The van der Waals surface area contributed by atoms with Crippen molar-refractivity contribution in [2.45, 2.75) is 85.5 Å². The number of aromatic nitrogens is 1. The smallest absolute Gasteiger partial charge is 0.471 e. The second-order valence-corrected chi connectivity index (χ2v) is 19.9. The second-order valence-electron chi connectivity index (χ2n) is 12.6. The zero-order chi connectivity index (χ0) is 37.6. The van der Waals surface area contributed by atoms with E-state index in [1.807, 2.05) is 0 Å². The van der Waals surface area contributed by atoms with Gasteiger partial charge in [0.25, 0.3) is 10.0 Å². The lowest BCUT2D eigenvalue weighted by atomic mass is 9.87. The predicted octanol–water partition coefficient (Wildman–Crippen LogP) is 6.39. The van der Waals surface area contributed by atoms with Crippen LogP contribution in [0.25, 0.3) is 0 Å². The highest BCUT2D eigenvalue weighted by atomic mass is 79.9. The highest BCUT2D eigenvalue weighted by Crippen LogP contribution is 2.38. The van der Waals surface area contributed by atoms with Crippen molar-refractivity contribution in [3.8, 4) is 0 Å². The number of anilines is 1. The summed E-state index contributed by atoms with van der Waals surface area (Å²) in [5, 5.41) is 11.2. The normalized spacial score (nSPS) is 17.8. The number of carboxylic acid groups (broad SMARTS) is 1. The summed E-state index contributed by atoms with van der Waals surface area (Å²) in [5.74, 6) is -1.97. The van der Waals surface area contributed by atoms with Gasteiger partial charge in [-0.2, -0.15) is 22.2 Å². The van der Waals surface area contributed by atoms with Crippen LogP contribution in [0.15, 0.2) is 36.4 Å². The van der Waals surface area contributed by atoms with Crippen molar-refractivity contribution in [1.82, 2.24) is 19.3 Å². The zero-order valence-corrected chi connectivity index (χ0v) is 33.7. The molecule has 1 amide bonds. The Morgan fingerprint density at radius 1 is 0.980 bits per heavy atom. The zero-order valence-electron chi connectivity index (χ0n) is 27.3. The van der Waals surface area contributed by atoms with Gasteiger partial charge in [0.1, 0.15) is 25.3 Å². The minimum Gasteiger partial charge on any atom is -0.480 e. The molecule has 0 bridgehead atoms. The second kappa shape index (κ2) is 18.2. The molecule has 0 spiro atoms. The fourth-order valence-electron chi connectivity index (χ4n) is 6.20. The number of sulfonamides is 2. The minimum absolute atomic E-state index is 0.0192. The maximum atomic E-state index is 13.0. The van der Waals surface area contributed by atoms with E-state index in [4.69, 9.17) is 11.6 Å². The Morgan fingerprint density at radius 2 is 1.59 bits per heavy atom. The van der Waals surface area contributed by atoms with Gasteiger partial charge in [-0.3, -0.25) is 9.59 Å². The van der Waals surface area contributed by atoms with Crippen molar-refractivity contribution in [3.63, 3.8) is 0 Å². The van der Waals surface area contributed by atoms with E-state index in [-0.39, 0.29) is 34.9 Å². The molecule has 2 aromatic heterocycles. The summed E-state index contributed by atoms with van der Waals surface area (Å²) in [6, 6.07) is 1.38. The molecule has 4 rings (SSSR count). The monoisotopic (exact) mass is 927 g/mol. The molecule has 3 N–H and O–H groups in total. The average molecular weight is 930 g/mol. The Hall–Kier alpha value is -1.55. The molecule has 0 radical (unpaired) electrons. The molecule has 51 heavy (non-hydrogen) atoms. The molecule has 2 aliphatic rings. The van der Waals surface area contributed by atoms with Crippen molar-refractivity contribution >= 4 is 92.5 Å². The molecule has 0 saturated carbocycles. The van der Waals surface area contributed by atoms with Crippen molar-refractivity contribution in [3.05, 3.63) is 31.6 Å². The molecule has 2 fully saturated rings. The van der Waals surface area contributed by atoms with Crippen molar-refractivity contribution in [1.29, 1.82) is 0 Å². The number of unbranched alkanes of at least 4 members (excludes halogenated alkanes) is 1. The van der Waals surface area contributed by atoms with Gasteiger partial charge in [-0.05, 0) is 101 Å². The third kappa shape index (κ3) is 11.7. The van der Waals surface area contributed by atoms with E-state index >= 15 is 0 Å². The molecule has 2 aliphatic heterocycles. The lowest BCUT2D eigenvalue weighted by molar-refractivity contribution is -0.173. The summed E-state index contributed by atoms with van der Waals surface area (Å²) in [6.07, 6.45) is 2.69. The number of nitrogens with zero attached hydrogens (tertiary/aromatic N) is 3. The summed E-state index contributed by atoms with van der Waals surface area (Å²) in [7, 11) is -7.85. The van der Waals surface area contributed by atoms with Crippen LogP contribution in [0.1, 0.15) is 64.2 Å². The third-order valence-electron chi connectivity index (χ3n) is 9.09. The number of carbonyl (C=O) groups is 2. The van der Waals surface area contributed by atoms with Crippen molar-refractivity contribution in [2.75, 3.05) is 37.6 Å². The first kappa shape index (κ1) is 42.2. The van der Waals surface area contributed by atoms with E-state index in [0.717, 1.165) is 75.6 Å². The number of halogens is 6. The SMILES string of the molecule is O=C(O)C(CCCCNC(=O)C(F)(F)F)NS(=O)(=O)c1cnc(N2CCC(CCCC3CCN(S(=O)(=O)c4cc(Br)c(Cl)s4)CC3)CC2)c(Br)c1. The Bertz CT molecular complexity index is 1730. The molecule has 0 aliphatic carbocycles. The average Bonchev–Trinajstić information content (AvgIpc) is 3.42. The van der Waals surface area contributed by atoms with Crippen LogP contribution in [0.4, 0.5) is 19.0 Å². The number of carboxylic acids is 1. The third-order valence-corrected chi connectivity index (χ3v) is 15.9. The highest BCUT2D eigenvalue weighted by molar-refractivity contribution is 9.11. The first-order chi connectivity index (χ1) is 23.9. The van der Waals surface area contributed by atoms with E-state index in [0.29, 0.717) is 44.0 Å². The molecule has 1 unspecified atom stereocenters. The van der Waals surface area contributed by atoms with Crippen LogP contribution in [-0.4, -0.2) is 88.0 Å². The molecule has 286 valence electrons. The number of pyridine rings is 1. The van der Waals surface area contributed by atoms with Gasteiger partial charge < -0.3 is 15.3 Å². The van der Waals surface area contributed by atoms with Gasteiger partial charge in [-0.25, -0.2) is 21.8 Å². The van der Waals surface area contributed by atoms with E-state index < -0.39 is 44.1 Å². The molecule has 1 atom stereocenters. The number of piperidine rings is 2. The Kier molecular flexibility index (Phi) is 15.0. The molecular weight excluding hydrogens is 891 g/mol. The van der Waals surface area contributed by atoms with Gasteiger partial charge in [-0.15, -0.1) is 11.3 Å². The van der Waals surface area contributed by atoms with Crippen LogP contribution < -0.4 is 14.9 Å². The fraction of sp³-hybridized carbons (Fsp3) is 0.633. The van der Waals surface area contributed by atoms with E-state index in [1.54, 1.807) is 15.7 Å². The number of carbonyl (C=O) groups excluding carboxylic acids is 1. The minimum atomic E-state index is -5.02. The van der Waals surface area contributed by atoms with Gasteiger partial charge in [-0.1, -0.05) is 30.9 Å². The lowest BCUT2D eigenvalue weighted by Gasteiger charge is -2.34. The molecule has 2 aromatic rings. The molecular formula is C30H39Br2ClF3N5O7S3. The first-order valence-electron chi connectivity index (χ1n) is 16.3. The Morgan fingerprint density at radius 3 is 2.12 bits per heavy atom. The van der Waals surface area contributed by atoms with Crippen LogP contribution in [0, 0.1) is 11.8 Å². The Balaban J connectivity index is 1.19. The van der Waals surface area contributed by atoms with E-state index in [1.165, 1.54) is 6.07 Å². The number of hydrogen-bond donors (Lipinski definition) is 3. The van der Waals surface area contributed by atoms with Gasteiger partial charge in [0.05, 0.1) is 4.47 Å². The topological polar surface area (TPSA) is 166 Å². The van der Waals surface area contributed by atoms with Crippen LogP contribution in [0.2, 0.25) is 4.34 Å². The van der Waals surface area contributed by atoms with Crippen LogP contribution in [0.3, 0.4) is 0 Å². The molecule has 0 aromatic carbocycles. The maximum absolute atomic E-state index is 13.0. The number of nitrogens with one attached hydrogen (secondary N) is 2. The van der Waals surface area contributed by atoms with Crippen molar-refractivity contribution in [2.24, 2.45) is 11.8 Å². The largest absolute Gasteiger partial charge is 0.480 e. The molecule has 4 heterocycles. The van der Waals surface area contributed by atoms with Crippen LogP contribution in [-0.2, 0) is 29.6 Å². The van der Waals surface area contributed by atoms with Gasteiger partial charge in [0, 0.05) is 43.4 Å². The standard InChI is InChI=1S/C30H39Br2ClF3N5O7S3/c31-22-17-25(49-26(22)33)51(47,48)41-14-9-20(10-15-41)5-3-4-19-7-12-40(13-8-19)27-23(32)16-21(18-38-27)50(45,46)39-24(28(42)43)6-1-2-11-37-29(44)30(34,35)36/h16-20,24,39H,1-15H2,(H,37,44)(H,42,43). The van der Waals surface area contributed by atoms with E-state index in [2.05, 4.69) is 46.5 Å². The highest BCUT2D eigenvalue weighted by Gasteiger charge is 2.38. The summed E-state index contributed by atoms with van der Waals surface area (Å²) in [6.45, 7) is 2.11. The quantitative estimate of drug-likeness (QED) is 0.162. The summed E-state index contributed by atoms with van der Waals surface area (Å²) in [4.78, 5) is 28.8. The van der Waals surface area contributed by atoms with Crippen LogP contribution >= 0.6 is 54.8 Å². The Labute approximate surface area is 321 Å². The summed E-state index contributed by atoms with van der Waals surface area (Å²) in [5.41, 5.74) is 0. The van der Waals surface area contributed by atoms with Gasteiger partial charge in [0.15, 0.2) is 0 Å². The van der Waals surface area contributed by atoms with Gasteiger partial charge in [0.2, 0.25) is 10.0 Å². The van der Waals surface area contributed by atoms with E-state index in [9.17, 15) is 44.7 Å².